The average molecular weight is 82.1 g/mol. The van der Waals surface area contributed by atoms with Crippen molar-refractivity contribution in [3.05, 3.63) is 11.6 Å². The molecule has 0 spiro atoms. The van der Waals surface area contributed by atoms with Crippen LogP contribution in [0.15, 0.2) is 11.6 Å². The van der Waals surface area contributed by atoms with E-state index in [-0.39, 0.29) is 0 Å². The van der Waals surface area contributed by atoms with E-state index < -0.39 is 0 Å². The third kappa shape index (κ3) is 0.469. The van der Waals surface area contributed by atoms with E-state index >= 15 is 0 Å². The highest BCUT2D eigenvalue weighted by Crippen LogP contribution is 2.23. The molecule has 0 aromatic heterocycles. The molecule has 0 N–H and O–H groups in total. The number of hydrogen-bond donors (Lipinski definition) is 0. The Bertz CT molecular complexity index is 80.0. The second-order valence-electron chi connectivity index (χ2n) is 2.19. The van der Waals surface area contributed by atoms with Crippen molar-refractivity contribution in [1.29, 1.82) is 0 Å². The molecule has 0 bridgehead atoms. The maximum absolute atomic E-state index is 2.31. The second kappa shape index (κ2) is 1.11. The van der Waals surface area contributed by atoms with Gasteiger partial charge in [0.15, 0.2) is 0 Å². The van der Waals surface area contributed by atoms with Gasteiger partial charge in [-0.3, -0.25) is 0 Å². The van der Waals surface area contributed by atoms with Crippen molar-refractivity contribution in [2.24, 2.45) is 5.92 Å². The fourth-order valence-corrected chi connectivity index (χ4v) is 0.960. The Kier molecular flexibility index (Phi) is 0.722. The quantitative estimate of drug-likeness (QED) is 0.392. The largest absolute Gasteiger partial charge is 0.0824 e. The molecular formula is C6H10. The van der Waals surface area contributed by atoms with Crippen LogP contribution < -0.4 is 0 Å². The lowest BCUT2D eigenvalue weighted by Crippen LogP contribution is -2.01. The predicted octanol–water partition coefficient (Wildman–Crippen LogP) is 1.97. The molecule has 1 aliphatic rings. The van der Waals surface area contributed by atoms with Crippen LogP contribution in [-0.2, 0) is 0 Å². The maximum atomic E-state index is 2.31. The summed E-state index contributed by atoms with van der Waals surface area (Å²) >= 11 is 0. The molecule has 0 fully saturated rings. The van der Waals surface area contributed by atoms with Crippen molar-refractivity contribution in [3.8, 4) is 0 Å². The summed E-state index contributed by atoms with van der Waals surface area (Å²) in [5, 5.41) is 0. The van der Waals surface area contributed by atoms with Crippen LogP contribution in [0.25, 0.3) is 0 Å². The highest BCUT2D eigenvalue weighted by atomic mass is 14.1. The van der Waals surface area contributed by atoms with Crippen molar-refractivity contribution < 1.29 is 0 Å². The number of rotatable bonds is 0. The summed E-state index contributed by atoms with van der Waals surface area (Å²) in [7, 11) is 0. The van der Waals surface area contributed by atoms with Crippen LogP contribution in [0.2, 0.25) is 0 Å². The van der Waals surface area contributed by atoms with Gasteiger partial charge in [-0.25, -0.2) is 0 Å². The predicted molar refractivity (Wildman–Crippen MR) is 27.5 cm³/mol. The van der Waals surface area contributed by atoms with E-state index in [0.717, 1.165) is 5.92 Å². The lowest BCUT2D eigenvalue weighted by Gasteiger charge is -2.16. The first-order valence-electron chi connectivity index (χ1n) is 2.46. The Hall–Kier alpha value is -0.260. The standard InChI is InChI=1S/C6H10/c1-5-3-6(2)4-5/h3,5H,4H2,1-2H3/t5-/m0/s1. The number of allylic oxidation sites excluding steroid dienone is 2. The summed E-state index contributed by atoms with van der Waals surface area (Å²) in [6.45, 7) is 4.42. The smallest absolute Gasteiger partial charge is 0.0222 e. The van der Waals surface area contributed by atoms with E-state index in [0.29, 0.717) is 0 Å². The topological polar surface area (TPSA) is 0 Å². The summed E-state index contributed by atoms with van der Waals surface area (Å²) in [6.07, 6.45) is 3.64. The highest BCUT2D eigenvalue weighted by molar-refractivity contribution is 5.12. The first-order chi connectivity index (χ1) is 2.79. The molecule has 34 valence electrons. The molecular weight excluding hydrogens is 72.1 g/mol. The minimum Gasteiger partial charge on any atom is -0.0824 e. The van der Waals surface area contributed by atoms with Gasteiger partial charge in [-0.1, -0.05) is 18.6 Å². The molecule has 1 rings (SSSR count). The molecule has 0 heteroatoms. The Morgan fingerprint density at radius 3 is 2.33 bits per heavy atom. The summed E-state index contributed by atoms with van der Waals surface area (Å²) in [4.78, 5) is 0. The molecule has 0 amide bonds. The fourth-order valence-electron chi connectivity index (χ4n) is 0.960. The minimum atomic E-state index is 0.880. The van der Waals surface area contributed by atoms with Gasteiger partial charge in [0.1, 0.15) is 0 Å². The molecule has 0 saturated heterocycles. The van der Waals surface area contributed by atoms with Crippen LogP contribution in [-0.4, -0.2) is 0 Å². The zero-order chi connectivity index (χ0) is 4.57. The van der Waals surface area contributed by atoms with E-state index in [4.69, 9.17) is 0 Å². The van der Waals surface area contributed by atoms with Crippen LogP contribution in [0.3, 0.4) is 0 Å². The van der Waals surface area contributed by atoms with Crippen molar-refractivity contribution in [3.63, 3.8) is 0 Å². The van der Waals surface area contributed by atoms with Gasteiger partial charge < -0.3 is 0 Å². The molecule has 0 aromatic carbocycles. The van der Waals surface area contributed by atoms with E-state index in [1.165, 1.54) is 6.42 Å². The van der Waals surface area contributed by atoms with Gasteiger partial charge in [0.25, 0.3) is 0 Å². The van der Waals surface area contributed by atoms with Gasteiger partial charge >= 0.3 is 0 Å². The fraction of sp³-hybridized carbons (Fsp3) is 0.667. The molecule has 1 aliphatic carbocycles. The average Bonchev–Trinajstić information content (AvgIpc) is 1.33. The van der Waals surface area contributed by atoms with Crippen LogP contribution in [0, 0.1) is 5.92 Å². The summed E-state index contributed by atoms with van der Waals surface area (Å²) in [6, 6.07) is 0. The SMILES string of the molecule is CC1=C[C@H](C)C1. The molecule has 1 atom stereocenters. The summed E-state index contributed by atoms with van der Waals surface area (Å²) in [5.74, 6) is 0.880. The van der Waals surface area contributed by atoms with Crippen molar-refractivity contribution in [1.82, 2.24) is 0 Å². The van der Waals surface area contributed by atoms with Crippen LogP contribution in [0.4, 0.5) is 0 Å². The Labute approximate surface area is 38.9 Å². The zero-order valence-electron chi connectivity index (χ0n) is 4.36. The van der Waals surface area contributed by atoms with Gasteiger partial charge in [0, 0.05) is 0 Å². The van der Waals surface area contributed by atoms with Gasteiger partial charge in [-0.2, -0.15) is 0 Å². The van der Waals surface area contributed by atoms with Crippen LogP contribution in [0.1, 0.15) is 20.3 Å². The lowest BCUT2D eigenvalue weighted by atomic mass is 9.90. The van der Waals surface area contributed by atoms with Crippen LogP contribution in [0.5, 0.6) is 0 Å². The highest BCUT2D eigenvalue weighted by Gasteiger charge is 2.07. The van der Waals surface area contributed by atoms with Gasteiger partial charge in [-0.05, 0) is 19.3 Å². The van der Waals surface area contributed by atoms with E-state index in [2.05, 4.69) is 19.9 Å². The normalized spacial score (nSPS) is 31.7. The Morgan fingerprint density at radius 2 is 2.33 bits per heavy atom. The van der Waals surface area contributed by atoms with Gasteiger partial charge in [0.2, 0.25) is 0 Å². The first-order valence-corrected chi connectivity index (χ1v) is 2.46. The Balaban J connectivity index is 2.46. The zero-order valence-corrected chi connectivity index (χ0v) is 4.36. The van der Waals surface area contributed by atoms with Gasteiger partial charge in [0.05, 0.1) is 0 Å². The monoisotopic (exact) mass is 82.1 g/mol. The molecule has 0 nitrogen and oxygen atoms in total. The van der Waals surface area contributed by atoms with Crippen molar-refractivity contribution in [2.75, 3.05) is 0 Å². The van der Waals surface area contributed by atoms with Crippen molar-refractivity contribution >= 4 is 0 Å². The lowest BCUT2D eigenvalue weighted by molar-refractivity contribution is 0.639. The molecule has 0 heterocycles. The van der Waals surface area contributed by atoms with Crippen molar-refractivity contribution in [2.45, 2.75) is 20.3 Å². The third-order valence-electron chi connectivity index (χ3n) is 1.21. The van der Waals surface area contributed by atoms with Gasteiger partial charge in [-0.15, -0.1) is 0 Å². The maximum Gasteiger partial charge on any atom is -0.0222 e. The van der Waals surface area contributed by atoms with Crippen LogP contribution >= 0.6 is 0 Å². The molecule has 0 radical (unpaired) electrons. The summed E-state index contributed by atoms with van der Waals surface area (Å²) < 4.78 is 0. The van der Waals surface area contributed by atoms with E-state index in [1.807, 2.05) is 0 Å². The second-order valence-corrected chi connectivity index (χ2v) is 2.19. The molecule has 0 aromatic rings. The van der Waals surface area contributed by atoms with E-state index in [9.17, 15) is 0 Å². The molecule has 0 saturated carbocycles. The molecule has 0 aliphatic heterocycles. The third-order valence-corrected chi connectivity index (χ3v) is 1.21. The first kappa shape index (κ1) is 3.91. The Morgan fingerprint density at radius 1 is 1.83 bits per heavy atom. The molecule has 0 unspecified atom stereocenters. The number of hydrogen-bond acceptors (Lipinski definition) is 0. The molecule has 6 heavy (non-hydrogen) atoms. The summed E-state index contributed by atoms with van der Waals surface area (Å²) in [5.41, 5.74) is 1.56. The van der Waals surface area contributed by atoms with E-state index in [1.54, 1.807) is 5.57 Å². The minimum absolute atomic E-state index is 0.880.